The fourth-order valence-electron chi connectivity index (χ4n) is 5.37. The second-order valence-electron chi connectivity index (χ2n) is 13.1. The number of fused-ring (bicyclic) bond motifs is 8. The van der Waals surface area contributed by atoms with Gasteiger partial charge in [0.2, 0.25) is 0 Å². The quantitative estimate of drug-likeness (QED) is 0.200. The third kappa shape index (κ3) is 5.22. The Bertz CT molecular complexity index is 1830. The van der Waals surface area contributed by atoms with E-state index in [-0.39, 0.29) is 22.3 Å². The van der Waals surface area contributed by atoms with E-state index in [1.54, 1.807) is 0 Å². The van der Waals surface area contributed by atoms with Crippen molar-refractivity contribution in [1.29, 1.82) is 0 Å². The van der Waals surface area contributed by atoms with Gasteiger partial charge in [-0.05, 0) is 83.3 Å². The van der Waals surface area contributed by atoms with Crippen LogP contribution >= 0.6 is 0 Å². The Hall–Kier alpha value is -4.32. The van der Waals surface area contributed by atoms with Crippen LogP contribution in [0.1, 0.15) is 77.6 Å². The van der Waals surface area contributed by atoms with E-state index in [9.17, 15) is 9.59 Å². The summed E-state index contributed by atoms with van der Waals surface area (Å²) < 4.78 is 12.0. The normalized spacial score (nSPS) is 12.2. The van der Waals surface area contributed by atoms with Crippen molar-refractivity contribution in [3.05, 3.63) is 70.8 Å². The number of aryl methyl sites for hydroxylation is 2. The van der Waals surface area contributed by atoms with Crippen LogP contribution in [-0.2, 0) is 20.4 Å². The molecular weight excluding hydrogens is 524 g/mol. The number of carbonyl (C=O) groups excluding carboxylic acids is 2. The topological polar surface area (TPSA) is 78.4 Å². The van der Waals surface area contributed by atoms with Crippen LogP contribution in [0.25, 0.3) is 43.6 Å². The fourth-order valence-corrected chi connectivity index (χ4v) is 5.37. The monoisotopic (exact) mass is 562 g/mol. The second-order valence-corrected chi connectivity index (χ2v) is 13.1. The number of hydrogen-bond donors (Lipinski definition) is 0. The minimum absolute atomic E-state index is 0.208. The lowest BCUT2D eigenvalue weighted by atomic mass is 9.83. The van der Waals surface area contributed by atoms with Crippen molar-refractivity contribution in [1.82, 2.24) is 9.97 Å². The van der Waals surface area contributed by atoms with Crippen LogP contribution in [0.3, 0.4) is 0 Å². The Morgan fingerprint density at radius 3 is 1.24 bits per heavy atom. The molecule has 0 unspecified atom stereocenters. The van der Waals surface area contributed by atoms with Gasteiger partial charge in [0.25, 0.3) is 0 Å². The van der Waals surface area contributed by atoms with Gasteiger partial charge in [-0.3, -0.25) is 9.59 Å². The lowest BCUT2D eigenvalue weighted by Crippen LogP contribution is -2.13. The average Bonchev–Trinajstić information content (AvgIpc) is 2.88. The summed E-state index contributed by atoms with van der Waals surface area (Å²) in [6.07, 6.45) is 0. The lowest BCUT2D eigenvalue weighted by Gasteiger charge is -2.24. The van der Waals surface area contributed by atoms with Crippen molar-refractivity contribution in [3.8, 4) is 11.5 Å². The first-order valence-electron chi connectivity index (χ1n) is 14.3. The largest absolute Gasteiger partial charge is 0.422 e. The third-order valence-corrected chi connectivity index (χ3v) is 7.82. The first-order valence-corrected chi connectivity index (χ1v) is 14.3. The van der Waals surface area contributed by atoms with Crippen LogP contribution < -0.4 is 9.47 Å². The molecule has 0 N–H and O–H groups in total. The van der Waals surface area contributed by atoms with Crippen molar-refractivity contribution < 1.29 is 19.1 Å². The Morgan fingerprint density at radius 1 is 0.595 bits per heavy atom. The van der Waals surface area contributed by atoms with Crippen LogP contribution in [0.5, 0.6) is 11.5 Å². The van der Waals surface area contributed by atoms with Crippen LogP contribution in [0.15, 0.2) is 48.5 Å². The van der Waals surface area contributed by atoms with Gasteiger partial charge in [-0.25, -0.2) is 9.97 Å². The van der Waals surface area contributed by atoms with Gasteiger partial charge in [0.1, 0.15) is 0 Å². The molecule has 1 heterocycles. The van der Waals surface area contributed by atoms with Gasteiger partial charge >= 0.3 is 11.9 Å². The van der Waals surface area contributed by atoms with E-state index in [0.29, 0.717) is 10.8 Å². The van der Waals surface area contributed by atoms with E-state index in [0.717, 1.165) is 55.1 Å². The van der Waals surface area contributed by atoms with E-state index >= 15 is 0 Å². The molecule has 0 atom stereocenters. The number of aromatic nitrogens is 2. The summed E-state index contributed by atoms with van der Waals surface area (Å²) in [4.78, 5) is 35.7. The Labute approximate surface area is 246 Å². The fraction of sp³-hybridized carbons (Fsp3) is 0.333. The summed E-state index contributed by atoms with van der Waals surface area (Å²) in [5.41, 5.74) is 6.28. The van der Waals surface area contributed by atoms with Crippen molar-refractivity contribution in [2.24, 2.45) is 0 Å². The molecule has 0 spiro atoms. The maximum Gasteiger partial charge on any atom is 0.308 e. The molecule has 1 aromatic heterocycles. The molecule has 5 aromatic rings. The first kappa shape index (κ1) is 29.2. The highest BCUT2D eigenvalue weighted by atomic mass is 16.6. The number of nitrogens with zero attached hydrogens (tertiary/aromatic N) is 2. The number of ether oxygens (including phenoxy) is 2. The molecule has 5 rings (SSSR count). The van der Waals surface area contributed by atoms with Crippen LogP contribution in [-0.4, -0.2) is 21.9 Å². The number of hydrogen-bond acceptors (Lipinski definition) is 6. The lowest BCUT2D eigenvalue weighted by molar-refractivity contribution is -0.134. The summed E-state index contributed by atoms with van der Waals surface area (Å²) in [5.74, 6) is -0.602. The molecule has 6 heteroatoms. The van der Waals surface area contributed by atoms with E-state index in [4.69, 9.17) is 19.4 Å². The summed E-state index contributed by atoms with van der Waals surface area (Å²) in [7, 11) is 0. The molecule has 4 bridgehead atoms. The van der Waals surface area contributed by atoms with Gasteiger partial charge in [-0.2, -0.15) is 0 Å². The number of esters is 2. The molecule has 0 fully saturated rings. The zero-order valence-electron chi connectivity index (χ0n) is 26.1. The van der Waals surface area contributed by atoms with Crippen molar-refractivity contribution in [2.45, 2.75) is 80.1 Å². The zero-order valence-corrected chi connectivity index (χ0v) is 26.1. The van der Waals surface area contributed by atoms with Gasteiger partial charge in [-0.15, -0.1) is 0 Å². The maximum atomic E-state index is 12.6. The number of rotatable bonds is 2. The molecule has 0 radical (unpaired) electrons. The summed E-state index contributed by atoms with van der Waals surface area (Å²) in [5, 5.41) is 3.07. The van der Waals surface area contributed by atoms with Crippen LogP contribution in [0, 0.1) is 13.8 Å². The Kier molecular flexibility index (Phi) is 7.08. The molecule has 0 saturated carbocycles. The van der Waals surface area contributed by atoms with Crippen molar-refractivity contribution in [2.75, 3.05) is 0 Å². The summed E-state index contributed by atoms with van der Waals surface area (Å²) in [6, 6.07) is 16.2. The summed E-state index contributed by atoms with van der Waals surface area (Å²) in [6.45, 7) is 19.5. The molecule has 0 aliphatic carbocycles. The highest BCUT2D eigenvalue weighted by molar-refractivity contribution is 6.10. The average molecular weight is 563 g/mol. The van der Waals surface area contributed by atoms with Gasteiger partial charge in [0.05, 0.1) is 22.1 Å². The molecular formula is C36H38N2O4. The minimum Gasteiger partial charge on any atom is -0.422 e. The van der Waals surface area contributed by atoms with Crippen LogP contribution in [0.2, 0.25) is 0 Å². The Balaban J connectivity index is 2.27. The molecule has 0 amide bonds. The highest BCUT2D eigenvalue weighted by Gasteiger charge is 2.25. The van der Waals surface area contributed by atoms with Gasteiger partial charge in [-0.1, -0.05) is 53.7 Å². The van der Waals surface area contributed by atoms with Crippen molar-refractivity contribution >= 4 is 55.6 Å². The smallest absolute Gasteiger partial charge is 0.308 e. The van der Waals surface area contributed by atoms with Gasteiger partial charge in [0.15, 0.2) is 11.5 Å². The Morgan fingerprint density at radius 2 is 0.929 bits per heavy atom. The van der Waals surface area contributed by atoms with E-state index in [2.05, 4.69) is 53.7 Å². The SMILES string of the molecule is CC(=O)Oc1c(OC(C)=O)c2cc(C(C)(C)C)cc(c2C)c2nc3ccccc3nc2c2cc(C(C)(C)C)cc1c2C. The molecule has 6 nitrogen and oxygen atoms in total. The second kappa shape index (κ2) is 10.2. The minimum atomic E-state index is -0.509. The predicted octanol–water partition coefficient (Wildman–Crippen LogP) is 8.71. The number of para-hydroxylation sites is 2. The number of carbonyl (C=O) groups is 2. The molecule has 0 aliphatic heterocycles. The highest BCUT2D eigenvalue weighted by Crippen LogP contribution is 2.44. The summed E-state index contributed by atoms with van der Waals surface area (Å²) >= 11 is 0. The van der Waals surface area contributed by atoms with E-state index in [1.165, 1.54) is 13.8 Å². The number of benzene rings is 3. The van der Waals surface area contributed by atoms with Crippen LogP contribution in [0.4, 0.5) is 0 Å². The third-order valence-electron chi connectivity index (χ3n) is 7.82. The first-order chi connectivity index (χ1) is 19.6. The van der Waals surface area contributed by atoms with E-state index < -0.39 is 11.9 Å². The molecule has 216 valence electrons. The van der Waals surface area contributed by atoms with Gasteiger partial charge < -0.3 is 9.47 Å². The standard InChI is InChI=1S/C36H38N2O4/c1-19-25-15-23(35(5,6)7)17-27(19)33(41-21(3)39)34(42-22(4)40)28-18-24(36(8,9)10)16-26(20(28)2)32-31(25)37-29-13-11-12-14-30(29)38-32/h11-18H,1-10H3. The van der Waals surface area contributed by atoms with Gasteiger partial charge in [0, 0.05) is 35.4 Å². The predicted molar refractivity (Wildman–Crippen MR) is 170 cm³/mol. The molecule has 0 aliphatic rings. The molecule has 42 heavy (non-hydrogen) atoms. The van der Waals surface area contributed by atoms with E-state index in [1.807, 2.05) is 50.2 Å². The maximum absolute atomic E-state index is 12.6. The zero-order chi connectivity index (χ0) is 30.7. The molecule has 4 aromatic carbocycles. The van der Waals surface area contributed by atoms with Crippen molar-refractivity contribution in [3.63, 3.8) is 0 Å². The molecule has 0 saturated heterocycles.